The van der Waals surface area contributed by atoms with Gasteiger partial charge in [0.15, 0.2) is 10.7 Å². The molecule has 2 N–H and O–H groups in total. The van der Waals surface area contributed by atoms with Crippen LogP contribution in [-0.2, 0) is 4.79 Å². The average Bonchev–Trinajstić information content (AvgIpc) is 3.11. The zero-order valence-corrected chi connectivity index (χ0v) is 19.4. The van der Waals surface area contributed by atoms with E-state index in [-0.39, 0.29) is 11.0 Å². The Labute approximate surface area is 187 Å². The summed E-state index contributed by atoms with van der Waals surface area (Å²) in [5.74, 6) is 0.782. The van der Waals surface area contributed by atoms with Crippen LogP contribution in [0.3, 0.4) is 0 Å². The molecular formula is C23H26ClN3O2S. The zero-order valence-electron chi connectivity index (χ0n) is 17.8. The van der Waals surface area contributed by atoms with E-state index in [1.807, 2.05) is 32.9 Å². The van der Waals surface area contributed by atoms with Gasteiger partial charge in [0.25, 0.3) is 0 Å². The number of benzene rings is 2. The van der Waals surface area contributed by atoms with Crippen molar-refractivity contribution in [3.05, 3.63) is 47.0 Å². The number of hydrogen-bond acceptors (Lipinski definition) is 4. The summed E-state index contributed by atoms with van der Waals surface area (Å²) in [6.45, 7) is 9.82. The number of anilines is 1. The lowest BCUT2D eigenvalue weighted by atomic mass is 9.96. The summed E-state index contributed by atoms with van der Waals surface area (Å²) in [6, 6.07) is 11.5. The maximum Gasteiger partial charge on any atom is 0.231 e. The van der Waals surface area contributed by atoms with E-state index >= 15 is 0 Å². The molecule has 1 heterocycles. The standard InChI is InChI=1S/C23H26ClN3O2S/c1-6-13(2)14-8-10-19-18(11-14)25-20(29-19)15-7-9-16(24)17(12-15)26-22(30)27-21(28)23(3,4)5/h7-13H,6H2,1-5H3,(H2,26,27,28,30)/t13-/m0/s1. The second-order valence-corrected chi connectivity index (χ2v) is 9.22. The second kappa shape index (κ2) is 8.74. The van der Waals surface area contributed by atoms with Gasteiger partial charge in [0.2, 0.25) is 11.8 Å². The van der Waals surface area contributed by atoms with E-state index in [2.05, 4.69) is 41.6 Å². The van der Waals surface area contributed by atoms with Gasteiger partial charge >= 0.3 is 0 Å². The SMILES string of the molecule is CC[C@H](C)c1ccc2oc(-c3ccc(Cl)c(NC(=S)NC(=O)C(C)(C)C)c3)nc2c1. The Kier molecular flexibility index (Phi) is 6.48. The van der Waals surface area contributed by atoms with Crippen LogP contribution < -0.4 is 10.6 Å². The van der Waals surface area contributed by atoms with E-state index in [1.54, 1.807) is 12.1 Å². The Morgan fingerprint density at radius 1 is 1.23 bits per heavy atom. The zero-order chi connectivity index (χ0) is 22.1. The Hall–Kier alpha value is -2.44. The first-order chi connectivity index (χ1) is 14.1. The van der Waals surface area contributed by atoms with Gasteiger partial charge in [0, 0.05) is 11.0 Å². The van der Waals surface area contributed by atoms with Crippen LogP contribution in [0.2, 0.25) is 5.02 Å². The number of oxazole rings is 1. The van der Waals surface area contributed by atoms with Gasteiger partial charge in [0.1, 0.15) is 5.52 Å². The fraction of sp³-hybridized carbons (Fsp3) is 0.348. The number of nitrogens with zero attached hydrogens (tertiary/aromatic N) is 1. The van der Waals surface area contributed by atoms with Crippen LogP contribution in [-0.4, -0.2) is 16.0 Å². The molecule has 5 nitrogen and oxygen atoms in total. The molecular weight excluding hydrogens is 418 g/mol. The van der Waals surface area contributed by atoms with Crippen molar-refractivity contribution < 1.29 is 9.21 Å². The topological polar surface area (TPSA) is 67.2 Å². The summed E-state index contributed by atoms with van der Waals surface area (Å²) in [5, 5.41) is 6.33. The van der Waals surface area contributed by atoms with Crippen molar-refractivity contribution in [2.75, 3.05) is 5.32 Å². The van der Waals surface area contributed by atoms with Crippen molar-refractivity contribution in [2.24, 2.45) is 5.41 Å². The fourth-order valence-electron chi connectivity index (χ4n) is 2.81. The van der Waals surface area contributed by atoms with Crippen molar-refractivity contribution in [2.45, 2.75) is 47.0 Å². The van der Waals surface area contributed by atoms with Crippen LogP contribution >= 0.6 is 23.8 Å². The Balaban J connectivity index is 1.86. The second-order valence-electron chi connectivity index (χ2n) is 8.41. The van der Waals surface area contributed by atoms with E-state index in [1.165, 1.54) is 5.56 Å². The smallest absolute Gasteiger partial charge is 0.231 e. The molecule has 3 aromatic rings. The molecule has 0 aliphatic carbocycles. The summed E-state index contributed by atoms with van der Waals surface area (Å²) in [4.78, 5) is 16.8. The molecule has 1 aromatic heterocycles. The van der Waals surface area contributed by atoms with Gasteiger partial charge in [0.05, 0.1) is 10.7 Å². The highest BCUT2D eigenvalue weighted by Gasteiger charge is 2.22. The van der Waals surface area contributed by atoms with Crippen molar-refractivity contribution in [3.8, 4) is 11.5 Å². The number of halogens is 1. The molecule has 0 fully saturated rings. The molecule has 2 aromatic carbocycles. The Morgan fingerprint density at radius 2 is 1.97 bits per heavy atom. The third kappa shape index (κ3) is 4.99. The van der Waals surface area contributed by atoms with Gasteiger partial charge in [-0.15, -0.1) is 0 Å². The lowest BCUT2D eigenvalue weighted by Crippen LogP contribution is -2.41. The number of aromatic nitrogens is 1. The van der Waals surface area contributed by atoms with Crippen molar-refractivity contribution in [3.63, 3.8) is 0 Å². The molecule has 3 rings (SSSR count). The van der Waals surface area contributed by atoms with E-state index < -0.39 is 5.41 Å². The summed E-state index contributed by atoms with van der Waals surface area (Å²) in [6.07, 6.45) is 1.06. The number of carbonyl (C=O) groups excluding carboxylic acids is 1. The van der Waals surface area contributed by atoms with E-state index in [0.29, 0.717) is 22.5 Å². The van der Waals surface area contributed by atoms with Crippen LogP contribution in [0.15, 0.2) is 40.8 Å². The number of carbonyl (C=O) groups is 1. The van der Waals surface area contributed by atoms with E-state index in [0.717, 1.165) is 23.1 Å². The maximum absolute atomic E-state index is 12.1. The largest absolute Gasteiger partial charge is 0.436 e. The number of rotatable bonds is 4. The van der Waals surface area contributed by atoms with Gasteiger partial charge in [-0.05, 0) is 60.5 Å². The van der Waals surface area contributed by atoms with Gasteiger partial charge in [-0.3, -0.25) is 4.79 Å². The van der Waals surface area contributed by atoms with Crippen LogP contribution in [0.25, 0.3) is 22.6 Å². The molecule has 0 bridgehead atoms. The third-order valence-corrected chi connectivity index (χ3v) is 5.50. The quantitative estimate of drug-likeness (QED) is 0.449. The molecule has 158 valence electrons. The molecule has 0 radical (unpaired) electrons. The fourth-order valence-corrected chi connectivity index (χ4v) is 3.18. The highest BCUT2D eigenvalue weighted by atomic mass is 35.5. The van der Waals surface area contributed by atoms with E-state index in [9.17, 15) is 4.79 Å². The summed E-state index contributed by atoms with van der Waals surface area (Å²) in [7, 11) is 0. The van der Waals surface area contributed by atoms with Crippen LogP contribution in [0.5, 0.6) is 0 Å². The highest BCUT2D eigenvalue weighted by molar-refractivity contribution is 7.80. The molecule has 1 atom stereocenters. The first-order valence-corrected chi connectivity index (χ1v) is 10.7. The predicted octanol–water partition coefficient (Wildman–Crippen LogP) is 6.52. The monoisotopic (exact) mass is 443 g/mol. The highest BCUT2D eigenvalue weighted by Crippen LogP contribution is 2.31. The van der Waals surface area contributed by atoms with Gasteiger partial charge < -0.3 is 15.1 Å². The van der Waals surface area contributed by atoms with Crippen molar-refractivity contribution >= 4 is 51.6 Å². The molecule has 0 aliphatic heterocycles. The molecule has 0 spiro atoms. The number of hydrogen-bond donors (Lipinski definition) is 2. The summed E-state index contributed by atoms with van der Waals surface area (Å²) in [5.41, 5.74) is 3.56. The number of amides is 1. The molecule has 0 aliphatic rings. The number of fused-ring (bicyclic) bond motifs is 1. The summed E-state index contributed by atoms with van der Waals surface area (Å²) < 4.78 is 5.95. The summed E-state index contributed by atoms with van der Waals surface area (Å²) >= 11 is 11.6. The minimum Gasteiger partial charge on any atom is -0.436 e. The molecule has 30 heavy (non-hydrogen) atoms. The van der Waals surface area contributed by atoms with Gasteiger partial charge in [-0.1, -0.05) is 52.3 Å². The molecule has 0 saturated carbocycles. The normalized spacial score (nSPS) is 12.6. The molecule has 1 amide bonds. The first kappa shape index (κ1) is 22.2. The van der Waals surface area contributed by atoms with Gasteiger partial charge in [-0.25, -0.2) is 4.98 Å². The minimum absolute atomic E-state index is 0.177. The lowest BCUT2D eigenvalue weighted by molar-refractivity contribution is -0.126. The predicted molar refractivity (Wildman–Crippen MR) is 127 cm³/mol. The molecule has 0 unspecified atom stereocenters. The van der Waals surface area contributed by atoms with Crippen LogP contribution in [0.4, 0.5) is 5.69 Å². The van der Waals surface area contributed by atoms with Crippen LogP contribution in [0, 0.1) is 5.41 Å². The number of nitrogens with one attached hydrogen (secondary N) is 2. The minimum atomic E-state index is -0.552. The Bertz CT molecular complexity index is 1100. The first-order valence-electron chi connectivity index (χ1n) is 9.91. The molecule has 0 saturated heterocycles. The van der Waals surface area contributed by atoms with Crippen LogP contribution in [0.1, 0.15) is 52.5 Å². The number of thiocarbonyl (C=S) groups is 1. The Morgan fingerprint density at radius 3 is 2.63 bits per heavy atom. The third-order valence-electron chi connectivity index (χ3n) is 4.96. The lowest BCUT2D eigenvalue weighted by Gasteiger charge is -2.19. The van der Waals surface area contributed by atoms with E-state index in [4.69, 9.17) is 28.2 Å². The average molecular weight is 444 g/mol. The van der Waals surface area contributed by atoms with Crippen molar-refractivity contribution in [1.29, 1.82) is 0 Å². The van der Waals surface area contributed by atoms with Gasteiger partial charge in [-0.2, -0.15) is 0 Å². The maximum atomic E-state index is 12.1. The molecule has 7 heteroatoms. The van der Waals surface area contributed by atoms with Crippen molar-refractivity contribution in [1.82, 2.24) is 10.3 Å².